The topological polar surface area (TPSA) is 50.4 Å². The maximum atomic E-state index is 11.7. The van der Waals surface area contributed by atoms with Crippen LogP contribution in [-0.2, 0) is 9.53 Å². The Balaban J connectivity index is 1.58. The lowest BCUT2D eigenvalue weighted by Crippen LogP contribution is -2.41. The van der Waals surface area contributed by atoms with Crippen molar-refractivity contribution in [1.29, 1.82) is 0 Å². The van der Waals surface area contributed by atoms with Gasteiger partial charge in [0.2, 0.25) is 5.91 Å². The second kappa shape index (κ2) is 6.36. The standard InChI is InChI=1S/C13H24N2O2/c1-10(11-5-8-17-9-6-11)15-13(16)4-7-14-12-2-3-12/h10-12,14H,2-9H2,1H3,(H,15,16). The smallest absolute Gasteiger partial charge is 0.221 e. The van der Waals surface area contributed by atoms with E-state index in [1.807, 2.05) is 0 Å². The van der Waals surface area contributed by atoms with E-state index in [1.165, 1.54) is 12.8 Å². The third-order valence-electron chi connectivity index (χ3n) is 3.72. The van der Waals surface area contributed by atoms with Crippen molar-refractivity contribution >= 4 is 5.91 Å². The van der Waals surface area contributed by atoms with Crippen LogP contribution in [0.1, 0.15) is 39.0 Å². The van der Waals surface area contributed by atoms with Crippen LogP contribution in [0.4, 0.5) is 0 Å². The molecule has 0 aromatic rings. The van der Waals surface area contributed by atoms with Crippen LogP contribution in [0.2, 0.25) is 0 Å². The van der Waals surface area contributed by atoms with E-state index in [9.17, 15) is 4.79 Å². The Morgan fingerprint density at radius 1 is 1.29 bits per heavy atom. The lowest BCUT2D eigenvalue weighted by Gasteiger charge is -2.28. The lowest BCUT2D eigenvalue weighted by atomic mass is 9.93. The number of rotatable bonds is 6. The van der Waals surface area contributed by atoms with Crippen molar-refractivity contribution in [3.63, 3.8) is 0 Å². The number of amides is 1. The number of nitrogens with one attached hydrogen (secondary N) is 2. The normalized spacial score (nSPS) is 23.4. The highest BCUT2D eigenvalue weighted by Gasteiger charge is 2.22. The van der Waals surface area contributed by atoms with Gasteiger partial charge in [0.05, 0.1) is 0 Å². The summed E-state index contributed by atoms with van der Waals surface area (Å²) in [5.41, 5.74) is 0. The van der Waals surface area contributed by atoms with Gasteiger partial charge in [-0.05, 0) is 38.5 Å². The molecular formula is C13H24N2O2. The second-order valence-electron chi connectivity index (χ2n) is 5.28. The maximum Gasteiger partial charge on any atom is 0.221 e. The summed E-state index contributed by atoms with van der Waals surface area (Å²) in [4.78, 5) is 11.7. The van der Waals surface area contributed by atoms with Gasteiger partial charge in [-0.3, -0.25) is 4.79 Å². The third kappa shape index (κ3) is 4.64. The van der Waals surface area contributed by atoms with E-state index in [1.54, 1.807) is 0 Å². The summed E-state index contributed by atoms with van der Waals surface area (Å²) in [6.07, 6.45) is 5.30. The number of carbonyl (C=O) groups is 1. The van der Waals surface area contributed by atoms with E-state index in [0.717, 1.165) is 32.6 Å². The Kier molecular flexibility index (Phi) is 4.80. The minimum Gasteiger partial charge on any atom is -0.381 e. The van der Waals surface area contributed by atoms with Crippen LogP contribution in [0.15, 0.2) is 0 Å². The van der Waals surface area contributed by atoms with Crippen LogP contribution >= 0.6 is 0 Å². The Hall–Kier alpha value is -0.610. The summed E-state index contributed by atoms with van der Waals surface area (Å²) in [6, 6.07) is 0.975. The van der Waals surface area contributed by atoms with Crippen molar-refractivity contribution in [2.45, 2.75) is 51.1 Å². The lowest BCUT2D eigenvalue weighted by molar-refractivity contribution is -0.122. The highest BCUT2D eigenvalue weighted by molar-refractivity contribution is 5.76. The number of hydrogen-bond donors (Lipinski definition) is 2. The highest BCUT2D eigenvalue weighted by atomic mass is 16.5. The molecule has 0 aromatic heterocycles. The fourth-order valence-corrected chi connectivity index (χ4v) is 2.34. The Morgan fingerprint density at radius 2 is 2.00 bits per heavy atom. The van der Waals surface area contributed by atoms with Gasteiger partial charge in [0.15, 0.2) is 0 Å². The Labute approximate surface area is 103 Å². The molecule has 1 aliphatic carbocycles. The van der Waals surface area contributed by atoms with Crippen LogP contribution in [-0.4, -0.2) is 37.7 Å². The van der Waals surface area contributed by atoms with Crippen molar-refractivity contribution < 1.29 is 9.53 Å². The average molecular weight is 240 g/mol. The number of hydrogen-bond acceptors (Lipinski definition) is 3. The SMILES string of the molecule is CC(NC(=O)CCNC1CC1)C1CCOCC1. The largest absolute Gasteiger partial charge is 0.381 e. The zero-order valence-corrected chi connectivity index (χ0v) is 10.7. The maximum absolute atomic E-state index is 11.7. The summed E-state index contributed by atoms with van der Waals surface area (Å²) < 4.78 is 5.33. The van der Waals surface area contributed by atoms with Gasteiger partial charge in [0.25, 0.3) is 0 Å². The minimum absolute atomic E-state index is 0.178. The molecule has 2 rings (SSSR count). The van der Waals surface area contributed by atoms with E-state index in [4.69, 9.17) is 4.74 Å². The van der Waals surface area contributed by atoms with Crippen LogP contribution < -0.4 is 10.6 Å². The molecule has 98 valence electrons. The van der Waals surface area contributed by atoms with Crippen molar-refractivity contribution in [2.24, 2.45) is 5.92 Å². The van der Waals surface area contributed by atoms with E-state index in [2.05, 4.69) is 17.6 Å². The van der Waals surface area contributed by atoms with Gasteiger partial charge in [0.1, 0.15) is 0 Å². The summed E-state index contributed by atoms with van der Waals surface area (Å²) >= 11 is 0. The second-order valence-corrected chi connectivity index (χ2v) is 5.28. The quantitative estimate of drug-likeness (QED) is 0.730. The van der Waals surface area contributed by atoms with E-state index < -0.39 is 0 Å². The molecule has 2 aliphatic rings. The first-order valence-corrected chi connectivity index (χ1v) is 6.86. The summed E-state index contributed by atoms with van der Waals surface area (Å²) in [5.74, 6) is 0.765. The molecule has 1 amide bonds. The molecule has 0 bridgehead atoms. The molecule has 1 atom stereocenters. The van der Waals surface area contributed by atoms with Crippen molar-refractivity contribution in [3.05, 3.63) is 0 Å². The molecule has 0 radical (unpaired) electrons. The van der Waals surface area contributed by atoms with E-state index in [0.29, 0.717) is 18.4 Å². The van der Waals surface area contributed by atoms with E-state index >= 15 is 0 Å². The van der Waals surface area contributed by atoms with Crippen LogP contribution in [0.3, 0.4) is 0 Å². The summed E-state index contributed by atoms with van der Waals surface area (Å²) in [5, 5.41) is 6.47. The third-order valence-corrected chi connectivity index (χ3v) is 3.72. The van der Waals surface area contributed by atoms with E-state index in [-0.39, 0.29) is 11.9 Å². The van der Waals surface area contributed by atoms with Gasteiger partial charge < -0.3 is 15.4 Å². The van der Waals surface area contributed by atoms with Gasteiger partial charge in [-0.25, -0.2) is 0 Å². The molecule has 0 spiro atoms. The predicted molar refractivity (Wildman–Crippen MR) is 66.8 cm³/mol. The first kappa shape index (κ1) is 12.8. The van der Waals surface area contributed by atoms with Gasteiger partial charge >= 0.3 is 0 Å². The predicted octanol–water partition coefficient (Wildman–Crippen LogP) is 1.06. The molecular weight excluding hydrogens is 216 g/mol. The molecule has 1 heterocycles. The molecule has 4 heteroatoms. The molecule has 1 saturated heterocycles. The minimum atomic E-state index is 0.178. The zero-order valence-electron chi connectivity index (χ0n) is 10.7. The van der Waals surface area contributed by atoms with Crippen molar-refractivity contribution in [3.8, 4) is 0 Å². The van der Waals surface area contributed by atoms with Crippen LogP contribution in [0.5, 0.6) is 0 Å². The summed E-state index contributed by atoms with van der Waals surface area (Å²) in [6.45, 7) is 4.61. The molecule has 0 aromatic carbocycles. The first-order chi connectivity index (χ1) is 8.25. The average Bonchev–Trinajstić information content (AvgIpc) is 3.14. The molecule has 1 saturated carbocycles. The van der Waals surface area contributed by atoms with Gasteiger partial charge in [-0.1, -0.05) is 0 Å². The molecule has 2 fully saturated rings. The molecule has 17 heavy (non-hydrogen) atoms. The molecule has 4 nitrogen and oxygen atoms in total. The monoisotopic (exact) mass is 240 g/mol. The van der Waals surface area contributed by atoms with Gasteiger partial charge in [-0.2, -0.15) is 0 Å². The van der Waals surface area contributed by atoms with Gasteiger partial charge in [-0.15, -0.1) is 0 Å². The number of carbonyl (C=O) groups excluding carboxylic acids is 1. The molecule has 1 unspecified atom stereocenters. The first-order valence-electron chi connectivity index (χ1n) is 6.86. The van der Waals surface area contributed by atoms with Crippen molar-refractivity contribution in [1.82, 2.24) is 10.6 Å². The highest BCUT2D eigenvalue weighted by Crippen LogP contribution is 2.19. The fourth-order valence-electron chi connectivity index (χ4n) is 2.34. The number of ether oxygens (including phenoxy) is 1. The molecule has 1 aliphatic heterocycles. The summed E-state index contributed by atoms with van der Waals surface area (Å²) in [7, 11) is 0. The zero-order chi connectivity index (χ0) is 12.1. The van der Waals surface area contributed by atoms with Crippen LogP contribution in [0, 0.1) is 5.92 Å². The molecule has 2 N–H and O–H groups in total. The Bertz CT molecular complexity index is 248. The van der Waals surface area contributed by atoms with Crippen molar-refractivity contribution in [2.75, 3.05) is 19.8 Å². The Morgan fingerprint density at radius 3 is 2.65 bits per heavy atom. The fraction of sp³-hybridized carbons (Fsp3) is 0.923. The van der Waals surface area contributed by atoms with Gasteiger partial charge in [0, 0.05) is 38.3 Å². The van der Waals surface area contributed by atoms with Crippen LogP contribution in [0.25, 0.3) is 0 Å².